The lowest BCUT2D eigenvalue weighted by molar-refractivity contribution is -0.124. The number of carbonyl (C=O) groups excluding carboxylic acids is 1. The fourth-order valence-electron chi connectivity index (χ4n) is 5.15. The Morgan fingerprint density at radius 1 is 0.946 bits per heavy atom. The summed E-state index contributed by atoms with van der Waals surface area (Å²) < 4.78 is 11.9. The van der Waals surface area contributed by atoms with Gasteiger partial charge in [0.25, 0.3) is 5.91 Å². The fraction of sp³-hybridized carbons (Fsp3) is 0.290. The van der Waals surface area contributed by atoms with Crippen molar-refractivity contribution in [2.24, 2.45) is 0 Å². The van der Waals surface area contributed by atoms with Crippen LogP contribution in [0.3, 0.4) is 0 Å². The van der Waals surface area contributed by atoms with Crippen molar-refractivity contribution in [1.29, 1.82) is 0 Å². The highest BCUT2D eigenvalue weighted by Crippen LogP contribution is 2.29. The van der Waals surface area contributed by atoms with Crippen LogP contribution >= 0.6 is 12.2 Å². The summed E-state index contributed by atoms with van der Waals surface area (Å²) in [6.07, 6.45) is 8.20. The standard InChI is InChI=1S/C31H32N2O3S/c1-35-28-17-16-23(20-27-30(34)33(31(37)32-27)26-13-6-3-7-14-26)19-25(28)21-36-29-15-9-8-12-24(29)18-22-10-4-2-5-11-22/h2,4-5,8-12,15-17,19-20,26H,3,6-7,13-14,18,21H2,1H3,(H,32,37)/b27-20+. The van der Waals surface area contributed by atoms with E-state index in [9.17, 15) is 4.79 Å². The normalized spacial score (nSPS) is 17.2. The largest absolute Gasteiger partial charge is 0.496 e. The molecule has 1 saturated heterocycles. The number of methoxy groups -OCH3 is 1. The van der Waals surface area contributed by atoms with Crippen LogP contribution in [0, 0.1) is 0 Å². The topological polar surface area (TPSA) is 50.8 Å². The average Bonchev–Trinajstić information content (AvgIpc) is 3.21. The predicted octanol–water partition coefficient (Wildman–Crippen LogP) is 6.26. The minimum Gasteiger partial charge on any atom is -0.496 e. The van der Waals surface area contributed by atoms with Gasteiger partial charge in [0.1, 0.15) is 23.8 Å². The molecule has 1 amide bonds. The summed E-state index contributed by atoms with van der Waals surface area (Å²) in [5, 5.41) is 3.65. The summed E-state index contributed by atoms with van der Waals surface area (Å²) in [6.45, 7) is 0.347. The van der Waals surface area contributed by atoms with Crippen molar-refractivity contribution < 1.29 is 14.3 Å². The van der Waals surface area contributed by atoms with E-state index in [0.717, 1.165) is 60.3 Å². The Hall–Kier alpha value is -3.64. The van der Waals surface area contributed by atoms with Gasteiger partial charge in [-0.15, -0.1) is 0 Å². The zero-order chi connectivity index (χ0) is 25.6. The summed E-state index contributed by atoms with van der Waals surface area (Å²) in [5.74, 6) is 1.55. The van der Waals surface area contributed by atoms with Gasteiger partial charge in [-0.3, -0.25) is 9.69 Å². The molecule has 1 N–H and O–H groups in total. The summed E-state index contributed by atoms with van der Waals surface area (Å²) in [7, 11) is 1.66. The van der Waals surface area contributed by atoms with Crippen LogP contribution in [0.15, 0.2) is 78.5 Å². The van der Waals surface area contributed by atoms with Crippen molar-refractivity contribution in [2.45, 2.75) is 51.2 Å². The van der Waals surface area contributed by atoms with E-state index in [1.54, 1.807) is 12.0 Å². The molecule has 37 heavy (non-hydrogen) atoms. The van der Waals surface area contributed by atoms with Crippen LogP contribution in [0.2, 0.25) is 0 Å². The molecule has 0 atom stereocenters. The number of hydrogen-bond acceptors (Lipinski definition) is 4. The Kier molecular flexibility index (Phi) is 7.85. The van der Waals surface area contributed by atoms with Crippen molar-refractivity contribution in [3.8, 4) is 11.5 Å². The van der Waals surface area contributed by atoms with Crippen LogP contribution in [0.1, 0.15) is 54.4 Å². The lowest BCUT2D eigenvalue weighted by Crippen LogP contribution is -2.41. The first-order valence-electron chi connectivity index (χ1n) is 12.9. The van der Waals surface area contributed by atoms with Crippen molar-refractivity contribution in [1.82, 2.24) is 10.2 Å². The molecule has 3 aromatic carbocycles. The van der Waals surface area contributed by atoms with E-state index in [1.165, 1.54) is 12.0 Å². The molecule has 2 fully saturated rings. The molecular formula is C31H32N2O3S. The number of nitrogens with one attached hydrogen (secondary N) is 1. The average molecular weight is 513 g/mol. The molecule has 3 aromatic rings. The van der Waals surface area contributed by atoms with Crippen molar-refractivity contribution >= 4 is 29.3 Å². The lowest BCUT2D eigenvalue weighted by Gasteiger charge is -2.29. The van der Waals surface area contributed by atoms with Gasteiger partial charge in [0.2, 0.25) is 0 Å². The number of para-hydroxylation sites is 1. The number of thiocarbonyl (C=S) groups is 1. The molecule has 0 spiro atoms. The molecule has 0 radical (unpaired) electrons. The molecule has 5 rings (SSSR count). The Morgan fingerprint density at radius 3 is 2.49 bits per heavy atom. The van der Waals surface area contributed by atoms with E-state index in [0.29, 0.717) is 17.4 Å². The summed E-state index contributed by atoms with van der Waals surface area (Å²) in [5.41, 5.74) is 4.67. The van der Waals surface area contributed by atoms with E-state index in [-0.39, 0.29) is 11.9 Å². The van der Waals surface area contributed by atoms with Crippen LogP contribution in [0.4, 0.5) is 0 Å². The maximum atomic E-state index is 13.2. The van der Waals surface area contributed by atoms with E-state index >= 15 is 0 Å². The number of carbonyl (C=O) groups is 1. The zero-order valence-electron chi connectivity index (χ0n) is 21.1. The van der Waals surface area contributed by atoms with Crippen LogP contribution in [-0.4, -0.2) is 29.1 Å². The maximum absolute atomic E-state index is 13.2. The maximum Gasteiger partial charge on any atom is 0.276 e. The number of ether oxygens (including phenoxy) is 2. The molecule has 2 aliphatic rings. The second kappa shape index (κ2) is 11.6. The second-order valence-corrected chi connectivity index (χ2v) is 9.97. The van der Waals surface area contributed by atoms with Gasteiger partial charge in [0, 0.05) is 18.0 Å². The van der Waals surface area contributed by atoms with Crippen LogP contribution in [0.5, 0.6) is 11.5 Å². The molecule has 1 aliphatic carbocycles. The van der Waals surface area contributed by atoms with Gasteiger partial charge in [0.15, 0.2) is 5.11 Å². The Balaban J connectivity index is 1.33. The molecular weight excluding hydrogens is 480 g/mol. The minimum absolute atomic E-state index is 0.0413. The van der Waals surface area contributed by atoms with Crippen LogP contribution in [0.25, 0.3) is 6.08 Å². The summed E-state index contributed by atoms with van der Waals surface area (Å²) in [6, 6.07) is 24.5. The third-order valence-corrected chi connectivity index (χ3v) is 7.36. The van der Waals surface area contributed by atoms with Gasteiger partial charge in [0.05, 0.1) is 7.11 Å². The molecule has 0 bridgehead atoms. The van der Waals surface area contributed by atoms with E-state index < -0.39 is 0 Å². The first-order chi connectivity index (χ1) is 18.1. The number of amides is 1. The van der Waals surface area contributed by atoms with Gasteiger partial charge < -0.3 is 14.8 Å². The van der Waals surface area contributed by atoms with Crippen LogP contribution < -0.4 is 14.8 Å². The first-order valence-corrected chi connectivity index (χ1v) is 13.3. The highest BCUT2D eigenvalue weighted by atomic mass is 32.1. The predicted molar refractivity (Wildman–Crippen MR) is 150 cm³/mol. The van der Waals surface area contributed by atoms with Gasteiger partial charge >= 0.3 is 0 Å². The summed E-state index contributed by atoms with van der Waals surface area (Å²) in [4.78, 5) is 15.0. The Labute approximate surface area is 224 Å². The first kappa shape index (κ1) is 25.0. The molecule has 6 heteroatoms. The van der Waals surface area contributed by atoms with E-state index in [4.69, 9.17) is 21.7 Å². The van der Waals surface area contributed by atoms with Crippen molar-refractivity contribution in [3.05, 3.63) is 101 Å². The van der Waals surface area contributed by atoms with Crippen molar-refractivity contribution in [3.63, 3.8) is 0 Å². The molecule has 0 aromatic heterocycles. The third kappa shape index (κ3) is 5.86. The second-order valence-electron chi connectivity index (χ2n) is 9.59. The quantitative estimate of drug-likeness (QED) is 0.285. The molecule has 1 aliphatic heterocycles. The lowest BCUT2D eigenvalue weighted by atomic mass is 9.94. The third-order valence-electron chi connectivity index (χ3n) is 7.06. The highest BCUT2D eigenvalue weighted by molar-refractivity contribution is 7.80. The molecule has 0 unspecified atom stereocenters. The minimum atomic E-state index is -0.0413. The Bertz CT molecular complexity index is 1300. The number of hydrogen-bond donors (Lipinski definition) is 1. The zero-order valence-corrected chi connectivity index (χ0v) is 21.9. The molecule has 5 nitrogen and oxygen atoms in total. The van der Waals surface area contributed by atoms with E-state index in [1.807, 2.05) is 48.5 Å². The van der Waals surface area contributed by atoms with E-state index in [2.05, 4.69) is 35.6 Å². The van der Waals surface area contributed by atoms with Gasteiger partial charge in [-0.25, -0.2) is 0 Å². The molecule has 190 valence electrons. The number of rotatable bonds is 8. The van der Waals surface area contributed by atoms with Gasteiger partial charge in [-0.2, -0.15) is 0 Å². The Morgan fingerprint density at radius 2 is 1.70 bits per heavy atom. The monoisotopic (exact) mass is 512 g/mol. The number of nitrogens with zero attached hydrogens (tertiary/aromatic N) is 1. The molecule has 1 saturated carbocycles. The SMILES string of the molecule is COc1ccc(/C=C2/NC(=S)N(C3CCCCC3)C2=O)cc1COc1ccccc1Cc1ccccc1. The van der Waals surface area contributed by atoms with Gasteiger partial charge in [-0.1, -0.05) is 73.9 Å². The highest BCUT2D eigenvalue weighted by Gasteiger charge is 2.36. The van der Waals surface area contributed by atoms with Gasteiger partial charge in [-0.05, 0) is 66.0 Å². The summed E-state index contributed by atoms with van der Waals surface area (Å²) >= 11 is 5.52. The van der Waals surface area contributed by atoms with Crippen LogP contribution in [-0.2, 0) is 17.8 Å². The smallest absolute Gasteiger partial charge is 0.276 e. The van der Waals surface area contributed by atoms with Crippen molar-refractivity contribution in [2.75, 3.05) is 7.11 Å². The number of benzene rings is 3. The molecule has 1 heterocycles. The fourth-order valence-corrected chi connectivity index (χ4v) is 5.49.